The molecule has 1 aromatic rings. The molecule has 1 saturated heterocycles. The van der Waals surface area contributed by atoms with Crippen molar-refractivity contribution in [3.63, 3.8) is 0 Å². The van der Waals surface area contributed by atoms with Crippen LogP contribution in [0.3, 0.4) is 0 Å². The zero-order valence-electron chi connectivity index (χ0n) is 13.2. The third-order valence-corrected chi connectivity index (χ3v) is 4.78. The summed E-state index contributed by atoms with van der Waals surface area (Å²) in [7, 11) is 0. The van der Waals surface area contributed by atoms with Gasteiger partial charge in [0.05, 0.1) is 0 Å². The van der Waals surface area contributed by atoms with Crippen molar-refractivity contribution in [3.05, 3.63) is 29.6 Å². The topological polar surface area (TPSA) is 65.5 Å². The molecule has 1 unspecified atom stereocenters. The van der Waals surface area contributed by atoms with E-state index in [4.69, 9.17) is 0 Å². The fourth-order valence-corrected chi connectivity index (χ4v) is 3.08. The standard InChI is InChI=1S/C17H25N3O2/c1-12-14(3-2-8-18-12)11-20-9-6-13(7-10-20)16(21)17(22)19-15-4-5-15/h2-3,8,13,15-16,21H,4-7,9-11H2,1H3,(H,19,22). The van der Waals surface area contributed by atoms with Crippen LogP contribution in [0, 0.1) is 12.8 Å². The van der Waals surface area contributed by atoms with Crippen LogP contribution in [0.4, 0.5) is 0 Å². The predicted molar refractivity (Wildman–Crippen MR) is 84.1 cm³/mol. The molecule has 2 heterocycles. The second kappa shape index (κ2) is 6.75. The molecule has 0 spiro atoms. The summed E-state index contributed by atoms with van der Waals surface area (Å²) in [6.07, 6.45) is 4.84. The van der Waals surface area contributed by atoms with E-state index in [9.17, 15) is 9.90 Å². The van der Waals surface area contributed by atoms with Crippen LogP contribution in [0.1, 0.15) is 36.9 Å². The molecule has 1 atom stereocenters. The molecule has 0 radical (unpaired) electrons. The van der Waals surface area contributed by atoms with Crippen molar-refractivity contribution >= 4 is 5.91 Å². The Morgan fingerprint density at radius 1 is 1.41 bits per heavy atom. The third kappa shape index (κ3) is 3.84. The van der Waals surface area contributed by atoms with Crippen LogP contribution in [0.2, 0.25) is 0 Å². The number of hydrogen-bond donors (Lipinski definition) is 2. The van der Waals surface area contributed by atoms with Crippen molar-refractivity contribution in [1.29, 1.82) is 0 Å². The number of nitrogens with one attached hydrogen (secondary N) is 1. The molecule has 1 saturated carbocycles. The van der Waals surface area contributed by atoms with Crippen molar-refractivity contribution in [3.8, 4) is 0 Å². The number of carbonyl (C=O) groups is 1. The highest BCUT2D eigenvalue weighted by molar-refractivity contribution is 5.81. The van der Waals surface area contributed by atoms with E-state index in [1.165, 1.54) is 5.56 Å². The van der Waals surface area contributed by atoms with E-state index < -0.39 is 6.10 Å². The number of likely N-dealkylation sites (tertiary alicyclic amines) is 1. The lowest BCUT2D eigenvalue weighted by atomic mass is 9.90. The van der Waals surface area contributed by atoms with Gasteiger partial charge in [-0.05, 0) is 63.2 Å². The molecule has 5 nitrogen and oxygen atoms in total. The molecule has 5 heteroatoms. The Labute approximate surface area is 131 Å². The number of hydrogen-bond acceptors (Lipinski definition) is 4. The van der Waals surface area contributed by atoms with Crippen LogP contribution in [-0.2, 0) is 11.3 Å². The Kier molecular flexibility index (Phi) is 4.74. The zero-order chi connectivity index (χ0) is 15.5. The second-order valence-electron chi connectivity index (χ2n) is 6.59. The van der Waals surface area contributed by atoms with E-state index in [2.05, 4.69) is 21.3 Å². The molecule has 1 aliphatic heterocycles. The van der Waals surface area contributed by atoms with Crippen molar-refractivity contribution < 1.29 is 9.90 Å². The van der Waals surface area contributed by atoms with Gasteiger partial charge < -0.3 is 10.4 Å². The molecule has 1 aromatic heterocycles. The van der Waals surface area contributed by atoms with E-state index in [-0.39, 0.29) is 11.8 Å². The minimum absolute atomic E-state index is 0.0880. The first-order chi connectivity index (χ1) is 10.6. The normalized spacial score (nSPS) is 21.5. The molecule has 120 valence electrons. The van der Waals surface area contributed by atoms with Crippen LogP contribution in [0.15, 0.2) is 18.3 Å². The van der Waals surface area contributed by atoms with Gasteiger partial charge in [0, 0.05) is 24.5 Å². The highest BCUT2D eigenvalue weighted by Crippen LogP contribution is 2.24. The summed E-state index contributed by atoms with van der Waals surface area (Å²) in [5.74, 6) is -0.0888. The average Bonchev–Trinajstić information content (AvgIpc) is 3.33. The number of piperidine rings is 1. The Hall–Kier alpha value is -1.46. The second-order valence-corrected chi connectivity index (χ2v) is 6.59. The molecule has 1 amide bonds. The Morgan fingerprint density at radius 3 is 2.77 bits per heavy atom. The molecule has 2 N–H and O–H groups in total. The summed E-state index contributed by atoms with van der Waals surface area (Å²) in [5.41, 5.74) is 2.33. The molecule has 2 aliphatic rings. The SMILES string of the molecule is Cc1ncccc1CN1CCC(C(O)C(=O)NC2CC2)CC1. The molecule has 3 rings (SSSR count). The number of rotatable bonds is 5. The maximum Gasteiger partial charge on any atom is 0.249 e. The van der Waals surface area contributed by atoms with Crippen LogP contribution in [0.25, 0.3) is 0 Å². The monoisotopic (exact) mass is 303 g/mol. The van der Waals surface area contributed by atoms with Crippen LogP contribution in [0.5, 0.6) is 0 Å². The van der Waals surface area contributed by atoms with Gasteiger partial charge in [0.1, 0.15) is 6.10 Å². The number of aliphatic hydroxyl groups is 1. The van der Waals surface area contributed by atoms with Gasteiger partial charge in [0.25, 0.3) is 0 Å². The fourth-order valence-electron chi connectivity index (χ4n) is 3.08. The molecule has 2 fully saturated rings. The van der Waals surface area contributed by atoms with Gasteiger partial charge in [0.15, 0.2) is 0 Å². The van der Waals surface area contributed by atoms with Crippen LogP contribution >= 0.6 is 0 Å². The number of pyridine rings is 1. The lowest BCUT2D eigenvalue weighted by Gasteiger charge is -2.33. The number of amides is 1. The van der Waals surface area contributed by atoms with Gasteiger partial charge in [-0.2, -0.15) is 0 Å². The molecular formula is C17H25N3O2. The Bertz CT molecular complexity index is 522. The average molecular weight is 303 g/mol. The van der Waals surface area contributed by atoms with E-state index in [1.807, 2.05) is 19.2 Å². The van der Waals surface area contributed by atoms with Gasteiger partial charge in [-0.1, -0.05) is 6.07 Å². The summed E-state index contributed by atoms with van der Waals surface area (Å²) in [6.45, 7) is 4.78. The fraction of sp³-hybridized carbons (Fsp3) is 0.647. The van der Waals surface area contributed by atoms with Crippen molar-refractivity contribution in [2.24, 2.45) is 5.92 Å². The third-order valence-electron chi connectivity index (χ3n) is 4.78. The summed E-state index contributed by atoms with van der Waals surface area (Å²) >= 11 is 0. The first kappa shape index (κ1) is 15.4. The summed E-state index contributed by atoms with van der Waals surface area (Å²) in [6, 6.07) is 4.41. The molecular weight excluding hydrogens is 278 g/mol. The van der Waals surface area contributed by atoms with Gasteiger partial charge in [-0.3, -0.25) is 14.7 Å². The molecule has 0 aromatic carbocycles. The van der Waals surface area contributed by atoms with Crippen molar-refractivity contribution in [1.82, 2.24) is 15.2 Å². The number of aryl methyl sites for hydroxylation is 1. The van der Waals surface area contributed by atoms with Gasteiger partial charge in [-0.15, -0.1) is 0 Å². The maximum absolute atomic E-state index is 11.9. The summed E-state index contributed by atoms with van der Waals surface area (Å²) in [4.78, 5) is 18.6. The minimum Gasteiger partial charge on any atom is -0.383 e. The minimum atomic E-state index is -0.845. The summed E-state index contributed by atoms with van der Waals surface area (Å²) in [5, 5.41) is 13.1. The number of aromatic nitrogens is 1. The van der Waals surface area contributed by atoms with E-state index in [0.29, 0.717) is 6.04 Å². The largest absolute Gasteiger partial charge is 0.383 e. The Balaban J connectivity index is 1.47. The zero-order valence-corrected chi connectivity index (χ0v) is 13.2. The highest BCUT2D eigenvalue weighted by Gasteiger charge is 2.32. The number of carbonyl (C=O) groups excluding carboxylic acids is 1. The Morgan fingerprint density at radius 2 is 2.14 bits per heavy atom. The smallest absolute Gasteiger partial charge is 0.249 e. The van der Waals surface area contributed by atoms with Gasteiger partial charge in [-0.25, -0.2) is 0 Å². The van der Waals surface area contributed by atoms with Gasteiger partial charge in [0.2, 0.25) is 5.91 Å². The number of aliphatic hydroxyl groups excluding tert-OH is 1. The van der Waals surface area contributed by atoms with E-state index in [1.54, 1.807) is 0 Å². The lowest BCUT2D eigenvalue weighted by molar-refractivity contribution is -0.133. The highest BCUT2D eigenvalue weighted by atomic mass is 16.3. The summed E-state index contributed by atoms with van der Waals surface area (Å²) < 4.78 is 0. The van der Waals surface area contributed by atoms with Crippen LogP contribution in [-0.4, -0.2) is 46.1 Å². The first-order valence-electron chi connectivity index (χ1n) is 8.25. The number of nitrogens with zero attached hydrogens (tertiary/aromatic N) is 2. The molecule has 1 aliphatic carbocycles. The van der Waals surface area contributed by atoms with E-state index >= 15 is 0 Å². The first-order valence-corrected chi connectivity index (χ1v) is 8.25. The van der Waals surface area contributed by atoms with Crippen molar-refractivity contribution in [2.75, 3.05) is 13.1 Å². The lowest BCUT2D eigenvalue weighted by Crippen LogP contribution is -2.45. The molecule has 22 heavy (non-hydrogen) atoms. The predicted octanol–water partition coefficient (Wildman–Crippen LogP) is 1.24. The molecule has 0 bridgehead atoms. The van der Waals surface area contributed by atoms with E-state index in [0.717, 1.165) is 51.0 Å². The van der Waals surface area contributed by atoms with Gasteiger partial charge >= 0.3 is 0 Å². The van der Waals surface area contributed by atoms with Crippen LogP contribution < -0.4 is 5.32 Å². The quantitative estimate of drug-likeness (QED) is 0.859. The maximum atomic E-state index is 11.9. The van der Waals surface area contributed by atoms with Crippen molar-refractivity contribution in [2.45, 2.75) is 51.3 Å².